The second-order valence-corrected chi connectivity index (χ2v) is 6.56. The monoisotopic (exact) mass is 319 g/mol. The highest BCUT2D eigenvalue weighted by Crippen LogP contribution is 2.33. The zero-order chi connectivity index (χ0) is 12.8. The van der Waals surface area contributed by atoms with Crippen LogP contribution in [0.2, 0.25) is 0 Å². The van der Waals surface area contributed by atoms with E-state index in [9.17, 15) is 0 Å². The summed E-state index contributed by atoms with van der Waals surface area (Å²) in [6.07, 6.45) is 5.10. The topological polar surface area (TPSA) is 21.7 Å². The zero-order valence-corrected chi connectivity index (χ0v) is 13.1. The third kappa shape index (κ3) is 4.80. The predicted molar refractivity (Wildman–Crippen MR) is 77.3 cm³/mol. The lowest BCUT2D eigenvalue weighted by molar-refractivity contribution is 0.00726. The van der Waals surface area contributed by atoms with E-state index in [2.05, 4.69) is 27.9 Å². The summed E-state index contributed by atoms with van der Waals surface area (Å²) in [5.74, 6) is 0.875. The molecule has 0 unspecified atom stereocenters. The molecule has 0 aromatic carbocycles. The average molecular weight is 320 g/mol. The van der Waals surface area contributed by atoms with Gasteiger partial charge < -0.3 is 14.4 Å². The third-order valence-corrected chi connectivity index (χ3v) is 5.30. The molecule has 106 valence electrons. The maximum atomic E-state index is 5.71. The summed E-state index contributed by atoms with van der Waals surface area (Å²) in [5.41, 5.74) is 0.406. The van der Waals surface area contributed by atoms with E-state index in [1.807, 2.05) is 0 Å². The highest BCUT2D eigenvalue weighted by molar-refractivity contribution is 9.09. The lowest BCUT2D eigenvalue weighted by Gasteiger charge is -2.38. The molecular weight excluding hydrogens is 294 g/mol. The molecular formula is C14H26BrNO2. The maximum Gasteiger partial charge on any atom is 0.0593 e. The Hall–Kier alpha value is 0.360. The van der Waals surface area contributed by atoms with Crippen molar-refractivity contribution < 1.29 is 9.47 Å². The van der Waals surface area contributed by atoms with Crippen LogP contribution in [0, 0.1) is 11.3 Å². The van der Waals surface area contributed by atoms with Crippen LogP contribution in [-0.4, -0.2) is 56.8 Å². The molecule has 1 heterocycles. The highest BCUT2D eigenvalue weighted by Gasteiger charge is 2.32. The fourth-order valence-corrected chi connectivity index (χ4v) is 3.28. The first kappa shape index (κ1) is 14.8. The van der Waals surface area contributed by atoms with Crippen LogP contribution in [0.25, 0.3) is 0 Å². The normalized spacial score (nSPS) is 23.5. The van der Waals surface area contributed by atoms with Gasteiger partial charge in [0.05, 0.1) is 6.61 Å². The Bertz CT molecular complexity index is 240. The van der Waals surface area contributed by atoms with Crippen molar-refractivity contribution in [2.75, 3.05) is 51.9 Å². The van der Waals surface area contributed by atoms with Crippen LogP contribution in [-0.2, 0) is 9.47 Å². The minimum absolute atomic E-state index is 0.406. The van der Waals surface area contributed by atoms with Crippen LogP contribution in [0.15, 0.2) is 0 Å². The second kappa shape index (κ2) is 7.22. The molecule has 4 heteroatoms. The van der Waals surface area contributed by atoms with E-state index in [0.717, 1.165) is 50.8 Å². The fourth-order valence-electron chi connectivity index (χ4n) is 2.54. The van der Waals surface area contributed by atoms with E-state index >= 15 is 0 Å². The fraction of sp³-hybridized carbons (Fsp3) is 1.00. The van der Waals surface area contributed by atoms with Crippen molar-refractivity contribution in [2.45, 2.75) is 25.7 Å². The van der Waals surface area contributed by atoms with Crippen molar-refractivity contribution in [2.24, 2.45) is 11.3 Å². The molecule has 0 aromatic heterocycles. The average Bonchev–Trinajstić information content (AvgIpc) is 3.20. The molecule has 0 N–H and O–H groups in total. The molecule has 2 fully saturated rings. The molecule has 0 aromatic rings. The van der Waals surface area contributed by atoms with Gasteiger partial charge in [0.1, 0.15) is 0 Å². The zero-order valence-electron chi connectivity index (χ0n) is 11.5. The number of rotatable bonds is 8. The van der Waals surface area contributed by atoms with Crippen LogP contribution < -0.4 is 0 Å². The molecule has 0 radical (unpaired) electrons. The molecule has 2 aliphatic rings. The summed E-state index contributed by atoms with van der Waals surface area (Å²) in [6.45, 7) is 5.87. The molecule has 1 aliphatic heterocycles. The van der Waals surface area contributed by atoms with Gasteiger partial charge in [0.2, 0.25) is 0 Å². The SMILES string of the molecule is CN(CCOCC1CC1)CC1(CBr)CCOCC1. The van der Waals surface area contributed by atoms with Crippen LogP contribution in [0.4, 0.5) is 0 Å². The van der Waals surface area contributed by atoms with Crippen molar-refractivity contribution >= 4 is 15.9 Å². The quantitative estimate of drug-likeness (QED) is 0.507. The maximum absolute atomic E-state index is 5.71. The van der Waals surface area contributed by atoms with Crippen molar-refractivity contribution in [3.63, 3.8) is 0 Å². The minimum atomic E-state index is 0.406. The highest BCUT2D eigenvalue weighted by atomic mass is 79.9. The number of alkyl halides is 1. The Morgan fingerprint density at radius 1 is 1.33 bits per heavy atom. The van der Waals surface area contributed by atoms with E-state index in [-0.39, 0.29) is 0 Å². The first-order chi connectivity index (χ1) is 8.74. The van der Waals surface area contributed by atoms with Gasteiger partial charge in [-0.3, -0.25) is 0 Å². The number of likely N-dealkylation sites (N-methyl/N-ethyl adjacent to an activating group) is 1. The Morgan fingerprint density at radius 2 is 2.06 bits per heavy atom. The number of hydrogen-bond acceptors (Lipinski definition) is 3. The van der Waals surface area contributed by atoms with E-state index in [0.29, 0.717) is 5.41 Å². The molecule has 1 saturated carbocycles. The van der Waals surface area contributed by atoms with E-state index in [1.165, 1.54) is 25.7 Å². The molecule has 18 heavy (non-hydrogen) atoms. The van der Waals surface area contributed by atoms with Crippen LogP contribution in [0.1, 0.15) is 25.7 Å². The summed E-state index contributed by atoms with van der Waals surface area (Å²) in [5, 5.41) is 1.08. The number of hydrogen-bond donors (Lipinski definition) is 0. The first-order valence-electron chi connectivity index (χ1n) is 7.14. The Morgan fingerprint density at radius 3 is 2.67 bits per heavy atom. The summed E-state index contributed by atoms with van der Waals surface area (Å²) in [4.78, 5) is 2.42. The van der Waals surface area contributed by atoms with Gasteiger partial charge in [-0.25, -0.2) is 0 Å². The molecule has 0 spiro atoms. The molecule has 1 saturated heterocycles. The number of halogens is 1. The van der Waals surface area contributed by atoms with Gasteiger partial charge in [0.25, 0.3) is 0 Å². The number of ether oxygens (including phenoxy) is 2. The standard InChI is InChI=1S/C14H26BrNO2/c1-16(6-9-18-10-13-2-3-13)12-14(11-15)4-7-17-8-5-14/h13H,2-12H2,1H3. The van der Waals surface area contributed by atoms with Gasteiger partial charge in [-0.15, -0.1) is 0 Å². The van der Waals surface area contributed by atoms with Crippen molar-refractivity contribution in [1.82, 2.24) is 4.90 Å². The Labute approximate surface area is 119 Å². The van der Waals surface area contributed by atoms with Crippen LogP contribution in [0.3, 0.4) is 0 Å². The molecule has 1 aliphatic carbocycles. The van der Waals surface area contributed by atoms with Gasteiger partial charge >= 0.3 is 0 Å². The summed E-state index contributed by atoms with van der Waals surface area (Å²) in [7, 11) is 2.21. The lowest BCUT2D eigenvalue weighted by Crippen LogP contribution is -2.42. The van der Waals surface area contributed by atoms with Crippen molar-refractivity contribution in [1.29, 1.82) is 0 Å². The van der Waals surface area contributed by atoms with Gasteiger partial charge in [0.15, 0.2) is 0 Å². The van der Waals surface area contributed by atoms with E-state index < -0.39 is 0 Å². The summed E-state index contributed by atoms with van der Waals surface area (Å²) in [6, 6.07) is 0. The second-order valence-electron chi connectivity index (χ2n) is 6.00. The smallest absolute Gasteiger partial charge is 0.0593 e. The number of nitrogens with zero attached hydrogens (tertiary/aromatic N) is 1. The van der Waals surface area contributed by atoms with Gasteiger partial charge in [-0.2, -0.15) is 0 Å². The summed E-state index contributed by atoms with van der Waals surface area (Å²) >= 11 is 3.69. The molecule has 0 atom stereocenters. The van der Waals surface area contributed by atoms with Gasteiger partial charge in [-0.05, 0) is 44.1 Å². The van der Waals surface area contributed by atoms with E-state index in [1.54, 1.807) is 0 Å². The third-order valence-electron chi connectivity index (χ3n) is 4.11. The molecule has 2 rings (SSSR count). The van der Waals surface area contributed by atoms with Crippen molar-refractivity contribution in [3.8, 4) is 0 Å². The summed E-state index contributed by atoms with van der Waals surface area (Å²) < 4.78 is 11.2. The largest absolute Gasteiger partial charge is 0.381 e. The molecule has 0 amide bonds. The van der Waals surface area contributed by atoms with Gasteiger partial charge in [0, 0.05) is 38.2 Å². The lowest BCUT2D eigenvalue weighted by atomic mass is 9.82. The van der Waals surface area contributed by atoms with Gasteiger partial charge in [-0.1, -0.05) is 15.9 Å². The molecule has 3 nitrogen and oxygen atoms in total. The Balaban J connectivity index is 1.62. The van der Waals surface area contributed by atoms with Crippen LogP contribution >= 0.6 is 15.9 Å². The Kier molecular flexibility index (Phi) is 5.93. The first-order valence-corrected chi connectivity index (χ1v) is 8.26. The van der Waals surface area contributed by atoms with Crippen molar-refractivity contribution in [3.05, 3.63) is 0 Å². The minimum Gasteiger partial charge on any atom is -0.381 e. The van der Waals surface area contributed by atoms with E-state index in [4.69, 9.17) is 9.47 Å². The predicted octanol–water partition coefficient (Wildman–Crippen LogP) is 2.54. The molecule has 0 bridgehead atoms. The van der Waals surface area contributed by atoms with Crippen LogP contribution in [0.5, 0.6) is 0 Å².